The third-order valence-electron chi connectivity index (χ3n) is 4.23. The molecule has 4 heteroatoms. The van der Waals surface area contributed by atoms with E-state index in [1.165, 1.54) is 12.8 Å². The molecule has 2 aliphatic heterocycles. The SMILES string of the molecule is O=C(CC1CCNCC1)NCCCCC1CCCO1. The van der Waals surface area contributed by atoms with E-state index in [2.05, 4.69) is 10.6 Å². The van der Waals surface area contributed by atoms with E-state index in [1.54, 1.807) is 0 Å². The molecule has 1 amide bonds. The quantitative estimate of drug-likeness (QED) is 0.693. The number of nitrogens with one attached hydrogen (secondary N) is 2. The van der Waals surface area contributed by atoms with Crippen LogP contribution < -0.4 is 10.6 Å². The lowest BCUT2D eigenvalue weighted by Crippen LogP contribution is -2.32. The van der Waals surface area contributed by atoms with Gasteiger partial charge in [-0.2, -0.15) is 0 Å². The van der Waals surface area contributed by atoms with Gasteiger partial charge in [-0.05, 0) is 64.0 Å². The largest absolute Gasteiger partial charge is 0.378 e. The Morgan fingerprint density at radius 3 is 2.79 bits per heavy atom. The van der Waals surface area contributed by atoms with E-state index in [0.29, 0.717) is 18.4 Å². The minimum atomic E-state index is 0.240. The third kappa shape index (κ3) is 5.91. The highest BCUT2D eigenvalue weighted by Crippen LogP contribution is 2.17. The first-order valence-corrected chi connectivity index (χ1v) is 7.93. The number of rotatable bonds is 7. The van der Waals surface area contributed by atoms with Gasteiger partial charge < -0.3 is 15.4 Å². The van der Waals surface area contributed by atoms with E-state index in [4.69, 9.17) is 4.74 Å². The Morgan fingerprint density at radius 2 is 2.05 bits per heavy atom. The maximum absolute atomic E-state index is 11.8. The summed E-state index contributed by atoms with van der Waals surface area (Å²) in [5.41, 5.74) is 0. The van der Waals surface area contributed by atoms with Gasteiger partial charge in [-0.25, -0.2) is 0 Å². The van der Waals surface area contributed by atoms with Gasteiger partial charge in [0, 0.05) is 19.6 Å². The molecule has 0 saturated carbocycles. The number of unbranched alkanes of at least 4 members (excludes halogenated alkanes) is 1. The van der Waals surface area contributed by atoms with E-state index in [1.807, 2.05) is 0 Å². The zero-order valence-corrected chi connectivity index (χ0v) is 12.0. The second-order valence-electron chi connectivity index (χ2n) is 5.88. The van der Waals surface area contributed by atoms with Gasteiger partial charge in [0.05, 0.1) is 6.10 Å². The van der Waals surface area contributed by atoms with Crippen LogP contribution >= 0.6 is 0 Å². The third-order valence-corrected chi connectivity index (χ3v) is 4.23. The fourth-order valence-corrected chi connectivity index (χ4v) is 3.02. The fraction of sp³-hybridized carbons (Fsp3) is 0.933. The van der Waals surface area contributed by atoms with Gasteiger partial charge in [0.25, 0.3) is 0 Å². The van der Waals surface area contributed by atoms with Gasteiger partial charge in [0.2, 0.25) is 5.91 Å². The molecule has 0 radical (unpaired) electrons. The van der Waals surface area contributed by atoms with Gasteiger partial charge in [0.15, 0.2) is 0 Å². The first-order chi connectivity index (χ1) is 9.34. The van der Waals surface area contributed by atoms with Crippen LogP contribution in [0.1, 0.15) is 51.4 Å². The number of amides is 1. The van der Waals surface area contributed by atoms with Crippen LogP contribution in [0.5, 0.6) is 0 Å². The summed E-state index contributed by atoms with van der Waals surface area (Å²) in [6.07, 6.45) is 9.34. The highest BCUT2D eigenvalue weighted by Gasteiger charge is 2.17. The molecule has 0 aromatic rings. The van der Waals surface area contributed by atoms with Gasteiger partial charge in [0.1, 0.15) is 0 Å². The molecule has 19 heavy (non-hydrogen) atoms. The molecule has 0 bridgehead atoms. The average Bonchev–Trinajstić information content (AvgIpc) is 2.92. The van der Waals surface area contributed by atoms with Crippen LogP contribution in [0.25, 0.3) is 0 Å². The minimum Gasteiger partial charge on any atom is -0.378 e. The molecule has 0 spiro atoms. The zero-order chi connectivity index (χ0) is 13.3. The van der Waals surface area contributed by atoms with E-state index in [0.717, 1.165) is 58.3 Å². The topological polar surface area (TPSA) is 50.4 Å². The molecular formula is C15H28N2O2. The van der Waals surface area contributed by atoms with Crippen molar-refractivity contribution in [3.8, 4) is 0 Å². The summed E-state index contributed by atoms with van der Waals surface area (Å²) < 4.78 is 5.59. The van der Waals surface area contributed by atoms with E-state index < -0.39 is 0 Å². The van der Waals surface area contributed by atoms with Crippen LogP contribution in [0, 0.1) is 5.92 Å². The molecule has 2 saturated heterocycles. The van der Waals surface area contributed by atoms with Crippen molar-refractivity contribution in [1.29, 1.82) is 0 Å². The maximum atomic E-state index is 11.8. The van der Waals surface area contributed by atoms with E-state index in [9.17, 15) is 4.79 Å². The lowest BCUT2D eigenvalue weighted by Gasteiger charge is -2.21. The van der Waals surface area contributed by atoms with Crippen molar-refractivity contribution >= 4 is 5.91 Å². The average molecular weight is 268 g/mol. The van der Waals surface area contributed by atoms with Crippen LogP contribution in [-0.4, -0.2) is 38.3 Å². The van der Waals surface area contributed by atoms with Crippen molar-refractivity contribution in [1.82, 2.24) is 10.6 Å². The smallest absolute Gasteiger partial charge is 0.220 e. The Hall–Kier alpha value is -0.610. The lowest BCUT2D eigenvalue weighted by molar-refractivity contribution is -0.122. The van der Waals surface area contributed by atoms with Gasteiger partial charge >= 0.3 is 0 Å². The highest BCUT2D eigenvalue weighted by molar-refractivity contribution is 5.76. The summed E-state index contributed by atoms with van der Waals surface area (Å²) in [5.74, 6) is 0.831. The Bertz CT molecular complexity index is 259. The molecule has 2 rings (SSSR count). The van der Waals surface area contributed by atoms with Gasteiger partial charge in [-0.15, -0.1) is 0 Å². The van der Waals surface area contributed by atoms with Crippen LogP contribution in [0.3, 0.4) is 0 Å². The summed E-state index contributed by atoms with van der Waals surface area (Å²) in [7, 11) is 0. The normalized spacial score (nSPS) is 24.5. The van der Waals surface area contributed by atoms with Crippen LogP contribution in [0.2, 0.25) is 0 Å². The second kappa shape index (κ2) is 8.54. The summed E-state index contributed by atoms with van der Waals surface area (Å²) in [6, 6.07) is 0. The van der Waals surface area contributed by atoms with E-state index >= 15 is 0 Å². The summed E-state index contributed by atoms with van der Waals surface area (Å²) >= 11 is 0. The number of hydrogen-bond acceptors (Lipinski definition) is 3. The Labute approximate surface area is 116 Å². The molecule has 1 atom stereocenters. The van der Waals surface area contributed by atoms with Crippen molar-refractivity contribution in [3.05, 3.63) is 0 Å². The van der Waals surface area contributed by atoms with Crippen molar-refractivity contribution in [2.75, 3.05) is 26.2 Å². The Morgan fingerprint density at radius 1 is 1.21 bits per heavy atom. The number of ether oxygens (including phenoxy) is 1. The minimum absolute atomic E-state index is 0.240. The number of carbonyl (C=O) groups excluding carboxylic acids is 1. The molecule has 110 valence electrons. The molecule has 0 aliphatic carbocycles. The number of carbonyl (C=O) groups is 1. The summed E-state index contributed by atoms with van der Waals surface area (Å²) in [4.78, 5) is 11.8. The fourth-order valence-electron chi connectivity index (χ4n) is 3.02. The van der Waals surface area contributed by atoms with Crippen LogP contribution in [0.15, 0.2) is 0 Å². The highest BCUT2D eigenvalue weighted by atomic mass is 16.5. The summed E-state index contributed by atoms with van der Waals surface area (Å²) in [5, 5.41) is 6.39. The Kier molecular flexibility index (Phi) is 6.65. The first kappa shape index (κ1) is 14.8. The molecular weight excluding hydrogens is 240 g/mol. The molecule has 2 fully saturated rings. The van der Waals surface area contributed by atoms with Crippen LogP contribution in [0.4, 0.5) is 0 Å². The Balaban J connectivity index is 1.44. The van der Waals surface area contributed by atoms with Gasteiger partial charge in [-0.1, -0.05) is 0 Å². The first-order valence-electron chi connectivity index (χ1n) is 7.93. The standard InChI is InChI=1S/C15H28N2O2/c18-15(12-13-6-9-16-10-7-13)17-8-2-1-4-14-5-3-11-19-14/h13-14,16H,1-12H2,(H,17,18). The summed E-state index contributed by atoms with van der Waals surface area (Å²) in [6.45, 7) is 3.91. The molecule has 2 N–H and O–H groups in total. The molecule has 4 nitrogen and oxygen atoms in total. The second-order valence-corrected chi connectivity index (χ2v) is 5.88. The van der Waals surface area contributed by atoms with Crippen molar-refractivity contribution in [2.24, 2.45) is 5.92 Å². The monoisotopic (exact) mass is 268 g/mol. The predicted molar refractivity (Wildman–Crippen MR) is 76.0 cm³/mol. The molecule has 2 aliphatic rings. The molecule has 0 aromatic heterocycles. The lowest BCUT2D eigenvalue weighted by atomic mass is 9.94. The van der Waals surface area contributed by atoms with Crippen molar-refractivity contribution in [3.63, 3.8) is 0 Å². The molecule has 2 heterocycles. The predicted octanol–water partition coefficient (Wildman–Crippen LogP) is 1.84. The van der Waals surface area contributed by atoms with Crippen LogP contribution in [-0.2, 0) is 9.53 Å². The zero-order valence-electron chi connectivity index (χ0n) is 12.0. The van der Waals surface area contributed by atoms with E-state index in [-0.39, 0.29) is 5.91 Å². The number of piperidine rings is 1. The van der Waals surface area contributed by atoms with Gasteiger partial charge in [-0.3, -0.25) is 4.79 Å². The van der Waals surface area contributed by atoms with Crippen molar-refractivity contribution in [2.45, 2.75) is 57.5 Å². The number of hydrogen-bond donors (Lipinski definition) is 2. The van der Waals surface area contributed by atoms with Crippen molar-refractivity contribution < 1.29 is 9.53 Å². The maximum Gasteiger partial charge on any atom is 0.220 e. The molecule has 1 unspecified atom stereocenters. The molecule has 0 aromatic carbocycles.